The molecule has 2 aliphatic rings. The zero-order valence-corrected chi connectivity index (χ0v) is 12.5. The number of hydrogen-bond donors (Lipinski definition) is 1. The maximum atomic E-state index is 5.47. The minimum Gasteiger partial charge on any atom is -0.338 e. The fraction of sp³-hybridized carbons (Fsp3) is 0.867. The van der Waals surface area contributed by atoms with Gasteiger partial charge in [0.05, 0.1) is 6.54 Å². The lowest BCUT2D eigenvalue weighted by Crippen LogP contribution is -2.27. The lowest BCUT2D eigenvalue weighted by molar-refractivity contribution is 0.238. The molecule has 1 aromatic rings. The van der Waals surface area contributed by atoms with Crippen LogP contribution in [0.5, 0.6) is 0 Å². The van der Waals surface area contributed by atoms with Crippen LogP contribution in [-0.2, 0) is 6.54 Å². The van der Waals surface area contributed by atoms with Crippen molar-refractivity contribution < 1.29 is 4.52 Å². The average Bonchev–Trinajstić information content (AvgIpc) is 2.76. The van der Waals surface area contributed by atoms with Gasteiger partial charge in [-0.2, -0.15) is 4.98 Å². The minimum atomic E-state index is 0.523. The minimum absolute atomic E-state index is 0.523. The van der Waals surface area contributed by atoms with E-state index in [1.165, 1.54) is 32.1 Å². The molecular weight excluding hydrogens is 252 g/mol. The normalized spacial score (nSPS) is 29.2. The van der Waals surface area contributed by atoms with Crippen LogP contribution in [0.2, 0.25) is 0 Å². The first-order valence-corrected chi connectivity index (χ1v) is 8.07. The van der Waals surface area contributed by atoms with Crippen molar-refractivity contribution >= 4 is 0 Å². The molecule has 0 spiro atoms. The maximum Gasteiger partial charge on any atom is 0.240 e. The number of nitrogens with one attached hydrogen (secondary N) is 1. The van der Waals surface area contributed by atoms with Crippen molar-refractivity contribution in [2.45, 2.75) is 51.5 Å². The lowest BCUT2D eigenvalue weighted by Gasteiger charge is -2.23. The third-order valence-corrected chi connectivity index (χ3v) is 4.66. The topological polar surface area (TPSA) is 54.2 Å². The van der Waals surface area contributed by atoms with Gasteiger partial charge in [-0.15, -0.1) is 0 Å². The smallest absolute Gasteiger partial charge is 0.240 e. The molecule has 20 heavy (non-hydrogen) atoms. The summed E-state index contributed by atoms with van der Waals surface area (Å²) in [5.74, 6) is 3.12. The van der Waals surface area contributed by atoms with Gasteiger partial charge >= 0.3 is 0 Å². The lowest BCUT2D eigenvalue weighted by atomic mass is 9.83. The van der Waals surface area contributed by atoms with Crippen molar-refractivity contribution in [1.29, 1.82) is 0 Å². The van der Waals surface area contributed by atoms with Crippen LogP contribution in [0.15, 0.2) is 4.52 Å². The van der Waals surface area contributed by atoms with Gasteiger partial charge in [0.25, 0.3) is 0 Å². The summed E-state index contributed by atoms with van der Waals surface area (Å²) in [4.78, 5) is 7.05. The zero-order valence-electron chi connectivity index (χ0n) is 12.5. The molecule has 0 atom stereocenters. The van der Waals surface area contributed by atoms with Gasteiger partial charge in [-0.1, -0.05) is 24.9 Å². The summed E-state index contributed by atoms with van der Waals surface area (Å²) >= 11 is 0. The van der Waals surface area contributed by atoms with Crippen LogP contribution in [0.3, 0.4) is 0 Å². The summed E-state index contributed by atoms with van der Waals surface area (Å²) in [6, 6.07) is 0. The summed E-state index contributed by atoms with van der Waals surface area (Å²) in [7, 11) is 0. The van der Waals surface area contributed by atoms with Crippen molar-refractivity contribution in [1.82, 2.24) is 20.4 Å². The summed E-state index contributed by atoms with van der Waals surface area (Å²) in [6.07, 6.45) is 6.22. The van der Waals surface area contributed by atoms with Crippen molar-refractivity contribution in [3.8, 4) is 0 Å². The Kier molecular flexibility index (Phi) is 4.68. The van der Waals surface area contributed by atoms with E-state index in [1.807, 2.05) is 0 Å². The van der Waals surface area contributed by atoms with Crippen LogP contribution in [-0.4, -0.2) is 41.2 Å². The van der Waals surface area contributed by atoms with Crippen LogP contribution in [0.1, 0.15) is 56.7 Å². The summed E-state index contributed by atoms with van der Waals surface area (Å²) in [6.45, 7) is 7.50. The molecule has 112 valence electrons. The van der Waals surface area contributed by atoms with E-state index in [0.717, 1.165) is 50.4 Å². The Morgan fingerprint density at radius 1 is 1.20 bits per heavy atom. The molecular formula is C15H26N4O. The van der Waals surface area contributed by atoms with E-state index in [4.69, 9.17) is 4.52 Å². The molecule has 5 nitrogen and oxygen atoms in total. The maximum absolute atomic E-state index is 5.47. The van der Waals surface area contributed by atoms with E-state index in [-0.39, 0.29) is 0 Å². The highest BCUT2D eigenvalue weighted by Crippen LogP contribution is 2.34. The van der Waals surface area contributed by atoms with Crippen molar-refractivity contribution in [3.05, 3.63) is 11.7 Å². The monoisotopic (exact) mass is 278 g/mol. The highest BCUT2D eigenvalue weighted by atomic mass is 16.5. The molecule has 1 aliphatic carbocycles. The largest absolute Gasteiger partial charge is 0.338 e. The van der Waals surface area contributed by atoms with E-state index < -0.39 is 0 Å². The second kappa shape index (κ2) is 6.68. The standard InChI is InChI=1S/C15H26N4O/c1-12-3-5-13(6-4-12)15-17-14(20-18-15)11-19-9-2-7-16-8-10-19/h12-13,16H,2-11H2,1H3. The molecule has 5 heteroatoms. The summed E-state index contributed by atoms with van der Waals surface area (Å²) < 4.78 is 5.47. The molecule has 2 fully saturated rings. The van der Waals surface area contributed by atoms with Gasteiger partial charge in [-0.25, -0.2) is 0 Å². The first-order chi connectivity index (χ1) is 9.81. The van der Waals surface area contributed by atoms with E-state index in [2.05, 4.69) is 27.3 Å². The number of rotatable bonds is 3. The second-order valence-corrected chi connectivity index (χ2v) is 6.38. The molecule has 2 heterocycles. The number of hydrogen-bond acceptors (Lipinski definition) is 5. The number of nitrogens with zero attached hydrogens (tertiary/aromatic N) is 3. The first-order valence-electron chi connectivity index (χ1n) is 8.07. The molecule has 0 bridgehead atoms. The molecule has 1 aliphatic heterocycles. The quantitative estimate of drug-likeness (QED) is 0.918. The van der Waals surface area contributed by atoms with Gasteiger partial charge in [-0.3, -0.25) is 4.90 Å². The van der Waals surface area contributed by atoms with Crippen LogP contribution in [0.25, 0.3) is 0 Å². The van der Waals surface area contributed by atoms with Crippen LogP contribution in [0, 0.1) is 5.92 Å². The Bertz CT molecular complexity index is 404. The second-order valence-electron chi connectivity index (χ2n) is 6.38. The molecule has 0 amide bonds. The van der Waals surface area contributed by atoms with Crippen molar-refractivity contribution in [2.75, 3.05) is 26.2 Å². The molecule has 0 unspecified atom stereocenters. The summed E-state index contributed by atoms with van der Waals surface area (Å²) in [5.41, 5.74) is 0. The average molecular weight is 278 g/mol. The first kappa shape index (κ1) is 14.0. The van der Waals surface area contributed by atoms with Gasteiger partial charge in [0.2, 0.25) is 5.89 Å². The highest BCUT2D eigenvalue weighted by molar-refractivity contribution is 4.97. The van der Waals surface area contributed by atoms with Gasteiger partial charge in [0, 0.05) is 19.0 Å². The molecule has 3 rings (SSSR count). The Morgan fingerprint density at radius 3 is 2.90 bits per heavy atom. The predicted octanol–water partition coefficient (Wildman–Crippen LogP) is 2.16. The van der Waals surface area contributed by atoms with Crippen molar-refractivity contribution in [3.63, 3.8) is 0 Å². The molecule has 1 N–H and O–H groups in total. The van der Waals surface area contributed by atoms with E-state index in [0.29, 0.717) is 5.92 Å². The van der Waals surface area contributed by atoms with Gasteiger partial charge in [-0.05, 0) is 38.3 Å². The number of aromatic nitrogens is 2. The predicted molar refractivity (Wildman–Crippen MR) is 77.4 cm³/mol. The Labute approximate surface area is 121 Å². The third-order valence-electron chi connectivity index (χ3n) is 4.66. The molecule has 0 aromatic carbocycles. The van der Waals surface area contributed by atoms with Gasteiger partial charge in [0.1, 0.15) is 0 Å². The van der Waals surface area contributed by atoms with Gasteiger partial charge < -0.3 is 9.84 Å². The van der Waals surface area contributed by atoms with Crippen LogP contribution >= 0.6 is 0 Å². The Morgan fingerprint density at radius 2 is 2.05 bits per heavy atom. The van der Waals surface area contributed by atoms with E-state index >= 15 is 0 Å². The molecule has 0 radical (unpaired) electrons. The zero-order chi connectivity index (χ0) is 13.8. The van der Waals surface area contributed by atoms with E-state index in [1.54, 1.807) is 0 Å². The van der Waals surface area contributed by atoms with Crippen molar-refractivity contribution in [2.24, 2.45) is 5.92 Å². The molecule has 1 aromatic heterocycles. The van der Waals surface area contributed by atoms with E-state index in [9.17, 15) is 0 Å². The molecule has 1 saturated carbocycles. The fourth-order valence-electron chi connectivity index (χ4n) is 3.27. The Hall–Kier alpha value is -0.940. The van der Waals surface area contributed by atoms with Crippen LogP contribution in [0.4, 0.5) is 0 Å². The fourth-order valence-corrected chi connectivity index (χ4v) is 3.27. The Balaban J connectivity index is 1.56. The van der Waals surface area contributed by atoms with Gasteiger partial charge in [0.15, 0.2) is 5.82 Å². The molecule has 1 saturated heterocycles. The van der Waals surface area contributed by atoms with Crippen LogP contribution < -0.4 is 5.32 Å². The third kappa shape index (κ3) is 3.58. The summed E-state index contributed by atoms with van der Waals surface area (Å²) in [5, 5.41) is 7.64. The SMILES string of the molecule is CC1CCC(c2noc(CN3CCCNCC3)n2)CC1. The highest BCUT2D eigenvalue weighted by Gasteiger charge is 2.24.